The van der Waals surface area contributed by atoms with Crippen molar-refractivity contribution in [3.63, 3.8) is 0 Å². The van der Waals surface area contributed by atoms with Crippen LogP contribution in [0.1, 0.15) is 11.1 Å². The second kappa shape index (κ2) is 12.3. The van der Waals surface area contributed by atoms with Gasteiger partial charge in [0.25, 0.3) is 0 Å². The predicted octanol–water partition coefficient (Wildman–Crippen LogP) is 3.86. The molecule has 11 heteroatoms. The number of rotatable bonds is 10. The van der Waals surface area contributed by atoms with Crippen LogP contribution in [-0.4, -0.2) is 60.5 Å². The maximum absolute atomic E-state index is 13.4. The van der Waals surface area contributed by atoms with Crippen molar-refractivity contribution in [2.75, 3.05) is 50.5 Å². The summed E-state index contributed by atoms with van der Waals surface area (Å²) in [7, 11) is 0. The minimum Gasteiger partial charge on any atom is -0.487 e. The Hall–Kier alpha value is -3.47. The third-order valence-electron chi connectivity index (χ3n) is 5.25. The molecule has 4 rings (SSSR count). The molecule has 1 aromatic heterocycles. The Morgan fingerprint density at radius 2 is 2.06 bits per heavy atom. The Kier molecular flexibility index (Phi) is 8.66. The van der Waals surface area contributed by atoms with Gasteiger partial charge in [-0.3, -0.25) is 4.90 Å². The third kappa shape index (κ3) is 7.25. The highest BCUT2D eigenvalue weighted by atomic mass is 35.5. The average Bonchev–Trinajstić information content (AvgIpc) is 2.85. The second-order valence-electron chi connectivity index (χ2n) is 7.73. The fraction of sp³-hybridized carbons (Fsp3) is 0.292. The summed E-state index contributed by atoms with van der Waals surface area (Å²) in [5.74, 6) is 0.855. The van der Waals surface area contributed by atoms with Crippen LogP contribution in [0.3, 0.4) is 0 Å². The number of anilines is 3. The molecule has 1 aliphatic heterocycles. The first-order chi connectivity index (χ1) is 17.1. The van der Waals surface area contributed by atoms with Crippen molar-refractivity contribution in [1.82, 2.24) is 14.9 Å². The number of nitrogen functional groups attached to an aromatic ring is 1. The largest absolute Gasteiger partial charge is 0.487 e. The Morgan fingerprint density at radius 3 is 2.86 bits per heavy atom. The smallest absolute Gasteiger partial charge is 0.144 e. The standard InChI is InChI=1S/C24H26ClFN6O3/c25-21-13-19(4-5-22(21)34-15-17-2-1-3-18(26)12-17)31-24-20(23(27)28-16-29-24)14-30-35-11-8-32-6-9-33-10-7-32/h1-5,12-14,16H,6-11,15H2,(H3,27,28,29,31)/b30-14+. The van der Waals surface area contributed by atoms with Gasteiger partial charge in [-0.1, -0.05) is 28.9 Å². The molecule has 1 aliphatic rings. The first kappa shape index (κ1) is 24.6. The lowest BCUT2D eigenvalue weighted by molar-refractivity contribution is 0.0214. The molecule has 0 spiro atoms. The molecule has 0 aliphatic carbocycles. The lowest BCUT2D eigenvalue weighted by Gasteiger charge is -2.25. The molecular weight excluding hydrogens is 475 g/mol. The van der Waals surface area contributed by atoms with Crippen LogP contribution in [0.4, 0.5) is 21.7 Å². The minimum absolute atomic E-state index is 0.193. The van der Waals surface area contributed by atoms with Crippen molar-refractivity contribution in [1.29, 1.82) is 0 Å². The summed E-state index contributed by atoms with van der Waals surface area (Å²) in [6.07, 6.45) is 2.83. The molecule has 1 saturated heterocycles. The Bertz CT molecular complexity index is 1160. The van der Waals surface area contributed by atoms with Crippen molar-refractivity contribution in [2.24, 2.45) is 5.16 Å². The van der Waals surface area contributed by atoms with E-state index in [4.69, 9.17) is 31.6 Å². The van der Waals surface area contributed by atoms with E-state index in [2.05, 4.69) is 25.3 Å². The maximum atomic E-state index is 13.4. The highest BCUT2D eigenvalue weighted by Gasteiger charge is 2.11. The van der Waals surface area contributed by atoms with E-state index in [9.17, 15) is 4.39 Å². The topological polar surface area (TPSA) is 107 Å². The molecule has 0 saturated carbocycles. The van der Waals surface area contributed by atoms with E-state index in [1.165, 1.54) is 24.7 Å². The van der Waals surface area contributed by atoms with E-state index < -0.39 is 0 Å². The van der Waals surface area contributed by atoms with Gasteiger partial charge in [-0.15, -0.1) is 0 Å². The van der Waals surface area contributed by atoms with Crippen molar-refractivity contribution in [3.8, 4) is 5.75 Å². The number of hydrogen-bond acceptors (Lipinski definition) is 9. The minimum atomic E-state index is -0.317. The van der Waals surface area contributed by atoms with Crippen molar-refractivity contribution in [2.45, 2.75) is 6.61 Å². The van der Waals surface area contributed by atoms with Crippen molar-refractivity contribution < 1.29 is 18.7 Å². The van der Waals surface area contributed by atoms with Gasteiger partial charge in [-0.2, -0.15) is 0 Å². The van der Waals surface area contributed by atoms with Crippen LogP contribution < -0.4 is 15.8 Å². The molecule has 9 nitrogen and oxygen atoms in total. The molecule has 0 unspecified atom stereocenters. The average molecular weight is 501 g/mol. The number of ether oxygens (including phenoxy) is 2. The number of nitrogens with one attached hydrogen (secondary N) is 1. The van der Waals surface area contributed by atoms with Crippen LogP contribution in [0.2, 0.25) is 5.02 Å². The van der Waals surface area contributed by atoms with Crippen LogP contribution in [0.25, 0.3) is 0 Å². The molecule has 35 heavy (non-hydrogen) atoms. The van der Waals surface area contributed by atoms with E-state index in [0.29, 0.717) is 40.0 Å². The zero-order valence-corrected chi connectivity index (χ0v) is 19.7. The number of aromatic nitrogens is 2. The number of oxime groups is 1. The number of nitrogens with two attached hydrogens (primary N) is 1. The normalized spacial score (nSPS) is 14.2. The van der Waals surface area contributed by atoms with Crippen molar-refractivity contribution in [3.05, 3.63) is 70.8 Å². The van der Waals surface area contributed by atoms with Crippen LogP contribution in [0.15, 0.2) is 53.9 Å². The summed E-state index contributed by atoms with van der Waals surface area (Å²) >= 11 is 6.39. The van der Waals surface area contributed by atoms with Gasteiger partial charge in [-0.05, 0) is 35.9 Å². The fourth-order valence-electron chi connectivity index (χ4n) is 3.39. The van der Waals surface area contributed by atoms with E-state index in [1.807, 2.05) is 0 Å². The molecule has 0 bridgehead atoms. The van der Waals surface area contributed by atoms with Crippen LogP contribution >= 0.6 is 11.6 Å². The molecule has 0 atom stereocenters. The van der Waals surface area contributed by atoms with Gasteiger partial charge in [-0.25, -0.2) is 14.4 Å². The quantitative estimate of drug-likeness (QED) is 0.245. The molecule has 2 heterocycles. The molecule has 3 N–H and O–H groups in total. The molecule has 184 valence electrons. The van der Waals surface area contributed by atoms with Gasteiger partial charge in [0.15, 0.2) is 0 Å². The summed E-state index contributed by atoms with van der Waals surface area (Å²) in [6, 6.07) is 11.4. The predicted molar refractivity (Wildman–Crippen MR) is 133 cm³/mol. The van der Waals surface area contributed by atoms with E-state index >= 15 is 0 Å². The SMILES string of the molecule is Nc1ncnc(Nc2ccc(OCc3cccc(F)c3)c(Cl)c2)c1/C=N/OCCN1CCOCC1. The monoisotopic (exact) mass is 500 g/mol. The summed E-state index contributed by atoms with van der Waals surface area (Å²) in [5.41, 5.74) is 7.89. The maximum Gasteiger partial charge on any atom is 0.144 e. The lowest BCUT2D eigenvalue weighted by Crippen LogP contribution is -2.38. The van der Waals surface area contributed by atoms with Crippen LogP contribution in [-0.2, 0) is 16.2 Å². The fourth-order valence-corrected chi connectivity index (χ4v) is 3.63. The van der Waals surface area contributed by atoms with Gasteiger partial charge >= 0.3 is 0 Å². The third-order valence-corrected chi connectivity index (χ3v) is 5.55. The number of morpholine rings is 1. The van der Waals surface area contributed by atoms with Gasteiger partial charge in [0.1, 0.15) is 42.7 Å². The van der Waals surface area contributed by atoms with E-state index in [-0.39, 0.29) is 18.2 Å². The molecule has 1 fully saturated rings. The number of benzene rings is 2. The summed E-state index contributed by atoms with van der Waals surface area (Å²) < 4.78 is 24.4. The molecule has 3 aromatic rings. The summed E-state index contributed by atoms with van der Waals surface area (Å²) in [5, 5.41) is 7.57. The molecular formula is C24H26ClFN6O3. The van der Waals surface area contributed by atoms with Gasteiger partial charge in [0.05, 0.1) is 30.0 Å². The first-order valence-corrected chi connectivity index (χ1v) is 11.5. The first-order valence-electron chi connectivity index (χ1n) is 11.1. The van der Waals surface area contributed by atoms with Gasteiger partial charge in [0, 0.05) is 25.3 Å². The Labute approximate surface area is 207 Å². The molecule has 2 aromatic carbocycles. The van der Waals surface area contributed by atoms with Gasteiger partial charge in [0.2, 0.25) is 0 Å². The van der Waals surface area contributed by atoms with E-state index in [0.717, 1.165) is 32.8 Å². The highest BCUT2D eigenvalue weighted by Crippen LogP contribution is 2.30. The number of halogens is 2. The Morgan fingerprint density at radius 1 is 1.20 bits per heavy atom. The van der Waals surface area contributed by atoms with Crippen LogP contribution in [0.5, 0.6) is 5.75 Å². The zero-order chi connectivity index (χ0) is 24.5. The summed E-state index contributed by atoms with van der Waals surface area (Å²) in [6.45, 7) is 4.65. The second-order valence-corrected chi connectivity index (χ2v) is 8.14. The molecule has 0 radical (unpaired) electrons. The van der Waals surface area contributed by atoms with Crippen LogP contribution in [0, 0.1) is 5.82 Å². The Balaban J connectivity index is 1.36. The van der Waals surface area contributed by atoms with Gasteiger partial charge < -0.3 is 25.4 Å². The molecule has 0 amide bonds. The number of hydrogen-bond donors (Lipinski definition) is 2. The lowest BCUT2D eigenvalue weighted by atomic mass is 10.2. The summed E-state index contributed by atoms with van der Waals surface area (Å²) in [4.78, 5) is 15.9. The van der Waals surface area contributed by atoms with E-state index in [1.54, 1.807) is 30.3 Å². The zero-order valence-electron chi connectivity index (χ0n) is 19.0. The number of nitrogens with zero attached hydrogens (tertiary/aromatic N) is 4. The van der Waals surface area contributed by atoms with Crippen molar-refractivity contribution >= 4 is 35.1 Å². The highest BCUT2D eigenvalue weighted by molar-refractivity contribution is 6.32.